The van der Waals surface area contributed by atoms with E-state index in [1.807, 2.05) is 31.5 Å². The molecule has 0 heterocycles. The van der Waals surface area contributed by atoms with Crippen LogP contribution >= 0.6 is 7.14 Å². The number of rotatable bonds is 6. The molecule has 0 bridgehead atoms. The summed E-state index contributed by atoms with van der Waals surface area (Å²) in [4.78, 5) is 0. The second kappa shape index (κ2) is 6.70. The van der Waals surface area contributed by atoms with E-state index in [1.54, 1.807) is 0 Å². The highest BCUT2D eigenvalue weighted by molar-refractivity contribution is 7.62. The van der Waals surface area contributed by atoms with Crippen molar-refractivity contribution in [2.45, 2.75) is 19.3 Å². The van der Waals surface area contributed by atoms with Gasteiger partial charge in [-0.2, -0.15) is 0 Å². The van der Waals surface area contributed by atoms with Gasteiger partial charge in [-0.05, 0) is 38.2 Å². The molecule has 0 saturated carbocycles. The fourth-order valence-corrected chi connectivity index (χ4v) is 2.52. The van der Waals surface area contributed by atoms with Crippen molar-refractivity contribution in [1.82, 2.24) is 0 Å². The van der Waals surface area contributed by atoms with Gasteiger partial charge < -0.3 is 4.57 Å². The molecule has 1 aromatic rings. The minimum atomic E-state index is -1.80. The van der Waals surface area contributed by atoms with Crippen molar-refractivity contribution in [3.05, 3.63) is 42.0 Å². The summed E-state index contributed by atoms with van der Waals surface area (Å²) in [6.45, 7) is 3.74. The molecule has 0 saturated heterocycles. The first-order chi connectivity index (χ1) is 7.58. The van der Waals surface area contributed by atoms with Crippen molar-refractivity contribution in [2.24, 2.45) is 0 Å². The number of benzene rings is 1. The van der Waals surface area contributed by atoms with Crippen molar-refractivity contribution in [1.29, 1.82) is 0 Å². The maximum absolute atomic E-state index is 11.5. The SMILES string of the molecule is CP(C)(=O)CCCCC=Cc1ccccc1. The molecule has 0 fully saturated rings. The molecule has 2 heteroatoms. The Morgan fingerprint density at radius 2 is 1.81 bits per heavy atom. The van der Waals surface area contributed by atoms with Gasteiger partial charge in [-0.1, -0.05) is 42.5 Å². The molecular weight excluding hydrogens is 215 g/mol. The van der Waals surface area contributed by atoms with Gasteiger partial charge in [0.1, 0.15) is 0 Å². The second-order valence-corrected chi connectivity index (χ2v) is 8.20. The van der Waals surface area contributed by atoms with Crippen molar-refractivity contribution < 1.29 is 4.57 Å². The number of unbranched alkanes of at least 4 members (excludes halogenated alkanes) is 2. The average molecular weight is 236 g/mol. The number of hydrogen-bond acceptors (Lipinski definition) is 1. The summed E-state index contributed by atoms with van der Waals surface area (Å²) in [6, 6.07) is 10.3. The van der Waals surface area contributed by atoms with E-state index >= 15 is 0 Å². The van der Waals surface area contributed by atoms with Crippen molar-refractivity contribution in [3.8, 4) is 0 Å². The van der Waals surface area contributed by atoms with Gasteiger partial charge >= 0.3 is 0 Å². The van der Waals surface area contributed by atoms with E-state index in [1.165, 1.54) is 5.56 Å². The second-order valence-electron chi connectivity index (χ2n) is 4.61. The standard InChI is InChI=1S/C14H21OP/c1-16(2,15)13-9-4-3-6-10-14-11-7-5-8-12-14/h5-8,10-12H,3-4,9,13H2,1-2H3. The molecule has 0 aliphatic carbocycles. The molecule has 0 amide bonds. The lowest BCUT2D eigenvalue weighted by Crippen LogP contribution is -1.85. The van der Waals surface area contributed by atoms with Gasteiger partial charge in [0.05, 0.1) is 7.14 Å². The van der Waals surface area contributed by atoms with Crippen LogP contribution in [-0.2, 0) is 4.57 Å². The van der Waals surface area contributed by atoms with Gasteiger partial charge in [0.15, 0.2) is 0 Å². The Labute approximate surface area is 99.0 Å². The fraction of sp³-hybridized carbons (Fsp3) is 0.429. The predicted octanol–water partition coefficient (Wildman–Crippen LogP) is 4.49. The molecule has 16 heavy (non-hydrogen) atoms. The Bertz CT molecular complexity index is 362. The Hall–Kier alpha value is -0.810. The lowest BCUT2D eigenvalue weighted by Gasteiger charge is -2.04. The predicted molar refractivity (Wildman–Crippen MR) is 73.6 cm³/mol. The molecule has 1 nitrogen and oxygen atoms in total. The van der Waals surface area contributed by atoms with Gasteiger partial charge in [0, 0.05) is 6.16 Å². The van der Waals surface area contributed by atoms with E-state index in [0.29, 0.717) is 0 Å². The van der Waals surface area contributed by atoms with E-state index in [4.69, 9.17) is 0 Å². The molecule has 1 aromatic carbocycles. The first-order valence-corrected chi connectivity index (χ1v) is 8.62. The highest BCUT2D eigenvalue weighted by Crippen LogP contribution is 2.36. The first-order valence-electron chi connectivity index (χ1n) is 5.83. The highest BCUT2D eigenvalue weighted by Gasteiger charge is 2.04. The zero-order valence-corrected chi connectivity index (χ0v) is 11.1. The molecule has 0 aromatic heterocycles. The summed E-state index contributed by atoms with van der Waals surface area (Å²) in [6.07, 6.45) is 8.52. The quantitative estimate of drug-likeness (QED) is 0.525. The third-order valence-corrected chi connectivity index (χ3v) is 3.82. The first kappa shape index (κ1) is 13.3. The van der Waals surface area contributed by atoms with Crippen LogP contribution in [0.4, 0.5) is 0 Å². The smallest absolute Gasteiger partial charge is 0.0819 e. The molecule has 0 N–H and O–H groups in total. The Morgan fingerprint density at radius 1 is 1.12 bits per heavy atom. The number of hydrogen-bond donors (Lipinski definition) is 0. The normalized spacial score (nSPS) is 12.1. The van der Waals surface area contributed by atoms with Gasteiger partial charge in [0.25, 0.3) is 0 Å². The maximum atomic E-state index is 11.5. The molecule has 0 aliphatic heterocycles. The van der Waals surface area contributed by atoms with Crippen LogP contribution in [0.15, 0.2) is 36.4 Å². The van der Waals surface area contributed by atoms with Gasteiger partial charge in [-0.25, -0.2) is 0 Å². The largest absolute Gasteiger partial charge is 0.324 e. The summed E-state index contributed by atoms with van der Waals surface area (Å²) in [5.41, 5.74) is 1.25. The topological polar surface area (TPSA) is 17.1 Å². The zero-order chi connectivity index (χ0) is 11.9. The molecule has 0 spiro atoms. The fourth-order valence-electron chi connectivity index (χ4n) is 1.54. The lowest BCUT2D eigenvalue weighted by atomic mass is 10.2. The van der Waals surface area contributed by atoms with Crippen LogP contribution in [0.1, 0.15) is 24.8 Å². The lowest BCUT2D eigenvalue weighted by molar-refractivity contribution is 0.579. The van der Waals surface area contributed by atoms with E-state index < -0.39 is 7.14 Å². The molecule has 1 rings (SSSR count). The molecular formula is C14H21OP. The van der Waals surface area contributed by atoms with Gasteiger partial charge in [-0.15, -0.1) is 0 Å². The van der Waals surface area contributed by atoms with Crippen LogP contribution in [-0.4, -0.2) is 19.5 Å². The summed E-state index contributed by atoms with van der Waals surface area (Å²) < 4.78 is 11.5. The number of allylic oxidation sites excluding steroid dienone is 1. The summed E-state index contributed by atoms with van der Waals surface area (Å²) >= 11 is 0. The third kappa shape index (κ3) is 6.63. The van der Waals surface area contributed by atoms with E-state index in [9.17, 15) is 4.57 Å². The van der Waals surface area contributed by atoms with Crippen LogP contribution in [0, 0.1) is 0 Å². The average Bonchev–Trinajstić information content (AvgIpc) is 2.23. The minimum absolute atomic E-state index is 0.881. The zero-order valence-electron chi connectivity index (χ0n) is 10.2. The minimum Gasteiger partial charge on any atom is -0.324 e. The molecule has 0 aliphatic rings. The molecule has 0 atom stereocenters. The Balaban J connectivity index is 2.17. The van der Waals surface area contributed by atoms with Crippen LogP contribution in [0.25, 0.3) is 6.08 Å². The van der Waals surface area contributed by atoms with Crippen molar-refractivity contribution in [2.75, 3.05) is 19.5 Å². The van der Waals surface area contributed by atoms with Crippen molar-refractivity contribution in [3.63, 3.8) is 0 Å². The summed E-state index contributed by atoms with van der Waals surface area (Å²) in [7, 11) is -1.80. The Kier molecular flexibility index (Phi) is 5.55. The Morgan fingerprint density at radius 3 is 2.44 bits per heavy atom. The summed E-state index contributed by atoms with van der Waals surface area (Å²) in [5.74, 6) is 0. The van der Waals surface area contributed by atoms with E-state index in [-0.39, 0.29) is 0 Å². The molecule has 0 unspecified atom stereocenters. The summed E-state index contributed by atoms with van der Waals surface area (Å²) in [5, 5.41) is 0. The molecule has 0 radical (unpaired) electrons. The van der Waals surface area contributed by atoms with Crippen LogP contribution in [0.5, 0.6) is 0 Å². The van der Waals surface area contributed by atoms with Gasteiger partial charge in [-0.3, -0.25) is 0 Å². The van der Waals surface area contributed by atoms with Crippen molar-refractivity contribution >= 4 is 13.2 Å². The highest BCUT2D eigenvalue weighted by atomic mass is 31.2. The monoisotopic (exact) mass is 236 g/mol. The maximum Gasteiger partial charge on any atom is 0.0819 e. The molecule has 88 valence electrons. The van der Waals surface area contributed by atoms with E-state index in [2.05, 4.69) is 24.3 Å². The van der Waals surface area contributed by atoms with E-state index in [0.717, 1.165) is 25.4 Å². The van der Waals surface area contributed by atoms with Crippen LogP contribution in [0.2, 0.25) is 0 Å². The van der Waals surface area contributed by atoms with Crippen LogP contribution in [0.3, 0.4) is 0 Å². The third-order valence-electron chi connectivity index (χ3n) is 2.43. The van der Waals surface area contributed by atoms with Gasteiger partial charge in [0.2, 0.25) is 0 Å². The van der Waals surface area contributed by atoms with Crippen LogP contribution < -0.4 is 0 Å².